The number of amides is 1. The molecule has 3 aliphatic heterocycles. The van der Waals surface area contributed by atoms with Gasteiger partial charge in [-0.15, -0.1) is 0 Å². The van der Waals surface area contributed by atoms with Crippen molar-refractivity contribution in [2.75, 3.05) is 39.4 Å². The number of aliphatic hydroxyl groups is 1. The molecule has 0 bridgehead atoms. The van der Waals surface area contributed by atoms with Crippen LogP contribution in [0, 0.1) is 5.92 Å². The first-order valence-electron chi connectivity index (χ1n) is 10.7. The summed E-state index contributed by atoms with van der Waals surface area (Å²) in [6, 6.07) is 7.56. The van der Waals surface area contributed by atoms with Gasteiger partial charge in [-0.25, -0.2) is 4.79 Å². The van der Waals surface area contributed by atoms with Crippen LogP contribution in [-0.4, -0.2) is 78.1 Å². The molecule has 1 amide bonds. The fourth-order valence-electron chi connectivity index (χ4n) is 4.50. The van der Waals surface area contributed by atoms with Crippen molar-refractivity contribution in [1.29, 1.82) is 0 Å². The smallest absolute Gasteiger partial charge is 0.410 e. The number of rotatable bonds is 6. The Hall–Kier alpha value is -1.99. The highest BCUT2D eigenvalue weighted by Gasteiger charge is 2.42. The Balaban J connectivity index is 1.21. The van der Waals surface area contributed by atoms with Gasteiger partial charge in [0.2, 0.25) is 0 Å². The van der Waals surface area contributed by atoms with E-state index in [9.17, 15) is 9.90 Å². The molecule has 3 aliphatic rings. The third-order valence-electron chi connectivity index (χ3n) is 6.31. The molecule has 1 N–H and O–H groups in total. The molecule has 4 rings (SSSR count). The standard InChI is InChI=1S/C22H32N2O5/c1-22(2,26)20-15-28-21(25)24(20)12-9-16-7-10-23(11-8-16)13-17-14-27-18-5-3-4-6-19(18)29-17/h3-6,16-17,20,26H,7-15H2,1-2H3/t17-,20?/m0/s1. The summed E-state index contributed by atoms with van der Waals surface area (Å²) in [7, 11) is 0. The lowest BCUT2D eigenvalue weighted by atomic mass is 9.92. The van der Waals surface area contributed by atoms with Crippen molar-refractivity contribution in [2.45, 2.75) is 50.9 Å². The minimum Gasteiger partial charge on any atom is -0.486 e. The zero-order valence-electron chi connectivity index (χ0n) is 17.4. The van der Waals surface area contributed by atoms with Gasteiger partial charge in [-0.2, -0.15) is 0 Å². The minimum absolute atomic E-state index is 0.0633. The Bertz CT molecular complexity index is 711. The number of para-hydroxylation sites is 2. The van der Waals surface area contributed by atoms with Crippen molar-refractivity contribution >= 4 is 6.09 Å². The number of likely N-dealkylation sites (tertiary alicyclic amines) is 1. The number of ether oxygens (including phenoxy) is 3. The van der Waals surface area contributed by atoms with Gasteiger partial charge in [0.25, 0.3) is 0 Å². The molecule has 1 aromatic rings. The number of benzene rings is 1. The molecule has 0 saturated carbocycles. The zero-order valence-corrected chi connectivity index (χ0v) is 17.4. The van der Waals surface area contributed by atoms with E-state index in [0.29, 0.717) is 19.1 Å². The van der Waals surface area contributed by atoms with Crippen LogP contribution in [0.3, 0.4) is 0 Å². The number of hydrogen-bond acceptors (Lipinski definition) is 6. The summed E-state index contributed by atoms with van der Waals surface area (Å²) >= 11 is 0. The van der Waals surface area contributed by atoms with E-state index >= 15 is 0 Å². The summed E-state index contributed by atoms with van der Waals surface area (Å²) < 4.78 is 17.1. The number of hydrogen-bond donors (Lipinski definition) is 1. The molecule has 0 aromatic heterocycles. The zero-order chi connectivity index (χ0) is 20.4. The maximum atomic E-state index is 12.0. The molecule has 160 valence electrons. The second-order valence-corrected chi connectivity index (χ2v) is 8.97. The Morgan fingerprint density at radius 1 is 1.10 bits per heavy atom. The first-order valence-corrected chi connectivity index (χ1v) is 10.7. The van der Waals surface area contributed by atoms with Crippen LogP contribution < -0.4 is 9.47 Å². The monoisotopic (exact) mass is 404 g/mol. The summed E-state index contributed by atoms with van der Waals surface area (Å²) in [5.74, 6) is 2.25. The van der Waals surface area contributed by atoms with E-state index in [4.69, 9.17) is 14.2 Å². The maximum Gasteiger partial charge on any atom is 0.410 e. The normalized spacial score (nSPS) is 25.9. The van der Waals surface area contributed by atoms with E-state index in [1.165, 1.54) is 0 Å². The summed E-state index contributed by atoms with van der Waals surface area (Å²) in [4.78, 5) is 16.2. The van der Waals surface area contributed by atoms with Crippen LogP contribution >= 0.6 is 0 Å². The van der Waals surface area contributed by atoms with Crippen LogP contribution in [0.1, 0.15) is 33.1 Å². The van der Waals surface area contributed by atoms with Crippen LogP contribution in [0.15, 0.2) is 24.3 Å². The number of carbonyl (C=O) groups is 1. The molecule has 0 spiro atoms. The van der Waals surface area contributed by atoms with Gasteiger partial charge in [-0.05, 0) is 64.3 Å². The highest BCUT2D eigenvalue weighted by atomic mass is 16.6. The lowest BCUT2D eigenvalue weighted by Gasteiger charge is -2.36. The van der Waals surface area contributed by atoms with Crippen LogP contribution in [0.5, 0.6) is 11.5 Å². The quantitative estimate of drug-likeness (QED) is 0.786. The van der Waals surface area contributed by atoms with Crippen LogP contribution in [-0.2, 0) is 4.74 Å². The van der Waals surface area contributed by atoms with Crippen molar-refractivity contribution in [3.63, 3.8) is 0 Å². The van der Waals surface area contributed by atoms with Crippen molar-refractivity contribution in [2.24, 2.45) is 5.92 Å². The molecular weight excluding hydrogens is 372 g/mol. The van der Waals surface area contributed by atoms with Gasteiger partial charge in [0.05, 0.1) is 11.6 Å². The molecule has 29 heavy (non-hydrogen) atoms. The van der Waals surface area contributed by atoms with Crippen molar-refractivity contribution in [1.82, 2.24) is 9.80 Å². The Morgan fingerprint density at radius 3 is 2.55 bits per heavy atom. The molecular formula is C22H32N2O5. The third-order valence-corrected chi connectivity index (χ3v) is 6.31. The minimum atomic E-state index is -0.948. The highest BCUT2D eigenvalue weighted by Crippen LogP contribution is 2.32. The fourth-order valence-corrected chi connectivity index (χ4v) is 4.50. The molecule has 2 fully saturated rings. The molecule has 2 saturated heterocycles. The Kier molecular flexibility index (Phi) is 5.88. The number of piperidine rings is 1. The van der Waals surface area contributed by atoms with Gasteiger partial charge in [0.1, 0.15) is 19.3 Å². The summed E-state index contributed by atoms with van der Waals surface area (Å²) in [5.41, 5.74) is -0.948. The molecule has 0 aliphatic carbocycles. The van der Waals surface area contributed by atoms with E-state index in [1.54, 1.807) is 18.7 Å². The molecule has 0 radical (unpaired) electrons. The lowest BCUT2D eigenvalue weighted by molar-refractivity contribution is 0.00534. The van der Waals surface area contributed by atoms with E-state index in [2.05, 4.69) is 4.90 Å². The second kappa shape index (κ2) is 8.40. The molecule has 2 atom stereocenters. The maximum absolute atomic E-state index is 12.0. The number of cyclic esters (lactones) is 1. The van der Waals surface area contributed by atoms with E-state index in [0.717, 1.165) is 50.4 Å². The van der Waals surface area contributed by atoms with Crippen molar-refractivity contribution < 1.29 is 24.1 Å². The highest BCUT2D eigenvalue weighted by molar-refractivity contribution is 5.70. The first-order chi connectivity index (χ1) is 13.9. The summed E-state index contributed by atoms with van der Waals surface area (Å²) in [5, 5.41) is 10.3. The molecule has 7 nitrogen and oxygen atoms in total. The summed E-state index contributed by atoms with van der Waals surface area (Å²) in [6.45, 7) is 7.92. The molecule has 3 heterocycles. The van der Waals surface area contributed by atoms with E-state index in [1.807, 2.05) is 24.3 Å². The van der Waals surface area contributed by atoms with Gasteiger partial charge >= 0.3 is 6.09 Å². The van der Waals surface area contributed by atoms with Gasteiger partial charge < -0.3 is 19.3 Å². The molecule has 1 unspecified atom stereocenters. The van der Waals surface area contributed by atoms with Crippen LogP contribution in [0.25, 0.3) is 0 Å². The van der Waals surface area contributed by atoms with Gasteiger partial charge in [-0.1, -0.05) is 12.1 Å². The molecule has 1 aromatic carbocycles. The van der Waals surface area contributed by atoms with Crippen LogP contribution in [0.4, 0.5) is 4.79 Å². The SMILES string of the molecule is CC(C)(O)C1COC(=O)N1CCC1CCN(C[C@H]2COc3ccccc3O2)CC1. The average Bonchev–Trinajstić information content (AvgIpc) is 3.08. The summed E-state index contributed by atoms with van der Waals surface area (Å²) in [6.07, 6.45) is 2.93. The van der Waals surface area contributed by atoms with Crippen molar-refractivity contribution in [3.05, 3.63) is 24.3 Å². The average molecular weight is 405 g/mol. The first kappa shape index (κ1) is 20.3. The Morgan fingerprint density at radius 2 is 1.83 bits per heavy atom. The number of nitrogens with zero attached hydrogens (tertiary/aromatic N) is 2. The number of fused-ring (bicyclic) bond motifs is 1. The number of carbonyl (C=O) groups excluding carboxylic acids is 1. The van der Waals surface area contributed by atoms with Crippen LogP contribution in [0.2, 0.25) is 0 Å². The third kappa shape index (κ3) is 4.78. The molecule has 7 heteroatoms. The predicted octanol–water partition coefficient (Wildman–Crippen LogP) is 2.52. The van der Waals surface area contributed by atoms with E-state index < -0.39 is 5.60 Å². The Labute approximate surface area is 172 Å². The van der Waals surface area contributed by atoms with Crippen molar-refractivity contribution in [3.8, 4) is 11.5 Å². The van der Waals surface area contributed by atoms with Gasteiger partial charge in [0, 0.05) is 13.1 Å². The van der Waals surface area contributed by atoms with Gasteiger partial charge in [0.15, 0.2) is 11.5 Å². The largest absolute Gasteiger partial charge is 0.486 e. The predicted molar refractivity (Wildman–Crippen MR) is 108 cm³/mol. The topological polar surface area (TPSA) is 71.5 Å². The van der Waals surface area contributed by atoms with Gasteiger partial charge in [-0.3, -0.25) is 9.80 Å². The lowest BCUT2D eigenvalue weighted by Crippen LogP contribution is -2.49. The second-order valence-electron chi connectivity index (χ2n) is 8.97. The van der Waals surface area contributed by atoms with E-state index in [-0.39, 0.29) is 24.8 Å². The fraction of sp³-hybridized carbons (Fsp3) is 0.682.